The Labute approximate surface area is 121 Å². The van der Waals surface area contributed by atoms with Crippen molar-refractivity contribution in [2.75, 3.05) is 11.9 Å². The van der Waals surface area contributed by atoms with Crippen LogP contribution in [0.5, 0.6) is 0 Å². The summed E-state index contributed by atoms with van der Waals surface area (Å²) in [5.41, 5.74) is 0.843. The number of benzene rings is 1. The Balaban J connectivity index is 2.07. The van der Waals surface area contributed by atoms with Crippen LogP contribution in [0.2, 0.25) is 0 Å². The Morgan fingerprint density at radius 2 is 2.33 bits per heavy atom. The zero-order valence-corrected chi connectivity index (χ0v) is 13.0. The first kappa shape index (κ1) is 14.1. The van der Waals surface area contributed by atoms with E-state index < -0.39 is 0 Å². The molecule has 1 aromatic carbocycles. The van der Waals surface area contributed by atoms with Crippen LogP contribution in [-0.2, 0) is 4.74 Å². The lowest BCUT2D eigenvalue weighted by Gasteiger charge is -2.38. The molecule has 4 heteroatoms. The Morgan fingerprint density at radius 3 is 3.06 bits per heavy atom. The van der Waals surface area contributed by atoms with Gasteiger partial charge in [-0.1, -0.05) is 13.0 Å². The number of ether oxygens (including phenoxy) is 1. The highest BCUT2D eigenvalue weighted by molar-refractivity contribution is 14.1. The molecule has 1 saturated heterocycles. The average Bonchev–Trinajstić information content (AvgIpc) is 2.35. The van der Waals surface area contributed by atoms with Crippen LogP contribution in [0.4, 0.5) is 10.1 Å². The predicted molar refractivity (Wildman–Crippen MR) is 80.4 cm³/mol. The number of halogens is 2. The number of hydrogen-bond acceptors (Lipinski definition) is 2. The zero-order chi connectivity index (χ0) is 13.2. The summed E-state index contributed by atoms with van der Waals surface area (Å²) < 4.78 is 20.0. The van der Waals surface area contributed by atoms with Crippen LogP contribution < -0.4 is 5.32 Å². The Kier molecular flexibility index (Phi) is 4.48. The van der Waals surface area contributed by atoms with E-state index in [4.69, 9.17) is 4.74 Å². The third kappa shape index (κ3) is 3.15. The van der Waals surface area contributed by atoms with Gasteiger partial charge in [0.05, 0.1) is 14.9 Å². The van der Waals surface area contributed by atoms with Crippen LogP contribution in [0.15, 0.2) is 18.2 Å². The summed E-state index contributed by atoms with van der Waals surface area (Å²) >= 11 is 2.05. The van der Waals surface area contributed by atoms with Gasteiger partial charge in [0.15, 0.2) is 0 Å². The van der Waals surface area contributed by atoms with Crippen LogP contribution in [0, 0.1) is 9.39 Å². The maximum atomic E-state index is 13.5. The van der Waals surface area contributed by atoms with E-state index in [1.54, 1.807) is 6.07 Å². The molecule has 0 saturated carbocycles. The molecule has 0 amide bonds. The Bertz CT molecular complexity index is 426. The van der Waals surface area contributed by atoms with E-state index in [1.807, 2.05) is 6.07 Å². The molecule has 0 radical (unpaired) electrons. The fourth-order valence-corrected chi connectivity index (χ4v) is 2.85. The molecule has 2 rings (SSSR count). The minimum Gasteiger partial charge on any atom is -0.381 e. The van der Waals surface area contributed by atoms with Gasteiger partial charge in [0.25, 0.3) is 0 Å². The number of hydrogen-bond donors (Lipinski definition) is 1. The Hall–Kier alpha value is -0.360. The van der Waals surface area contributed by atoms with E-state index in [1.165, 1.54) is 6.07 Å². The first-order valence-corrected chi connectivity index (χ1v) is 7.46. The monoisotopic (exact) mass is 363 g/mol. The largest absolute Gasteiger partial charge is 0.381 e. The van der Waals surface area contributed by atoms with Gasteiger partial charge < -0.3 is 10.1 Å². The average molecular weight is 363 g/mol. The summed E-state index contributed by atoms with van der Waals surface area (Å²) in [4.78, 5) is 0. The van der Waals surface area contributed by atoms with Gasteiger partial charge in [-0.3, -0.25) is 0 Å². The normalized spacial score (nSPS) is 28.1. The van der Waals surface area contributed by atoms with Gasteiger partial charge in [0.2, 0.25) is 0 Å². The van der Waals surface area contributed by atoms with Crippen LogP contribution in [0.25, 0.3) is 0 Å². The number of anilines is 1. The maximum absolute atomic E-state index is 13.5. The van der Waals surface area contributed by atoms with Crippen LogP contribution >= 0.6 is 22.6 Å². The first-order valence-electron chi connectivity index (χ1n) is 6.38. The summed E-state index contributed by atoms with van der Waals surface area (Å²) in [6.07, 6.45) is 2.95. The van der Waals surface area contributed by atoms with Crippen molar-refractivity contribution < 1.29 is 9.13 Å². The SMILES string of the molecule is CCC1(C)CC(Nc2cccc(F)c2I)CCO1. The van der Waals surface area contributed by atoms with Gasteiger partial charge in [0, 0.05) is 12.6 Å². The minimum absolute atomic E-state index is 0.0469. The van der Waals surface area contributed by atoms with Crippen molar-refractivity contribution in [2.24, 2.45) is 0 Å². The molecule has 0 aliphatic carbocycles. The third-order valence-electron chi connectivity index (χ3n) is 3.65. The molecular formula is C14H19FINO. The van der Waals surface area contributed by atoms with E-state index in [-0.39, 0.29) is 11.4 Å². The molecule has 100 valence electrons. The van der Waals surface area contributed by atoms with Crippen molar-refractivity contribution in [1.82, 2.24) is 0 Å². The predicted octanol–water partition coefficient (Wildman–Crippen LogP) is 4.19. The fraction of sp³-hybridized carbons (Fsp3) is 0.571. The van der Waals surface area contributed by atoms with Gasteiger partial charge in [-0.2, -0.15) is 0 Å². The Morgan fingerprint density at radius 1 is 1.56 bits per heavy atom. The minimum atomic E-state index is -0.161. The van der Waals surface area contributed by atoms with Gasteiger partial charge in [0.1, 0.15) is 5.82 Å². The van der Waals surface area contributed by atoms with Gasteiger partial charge in [-0.25, -0.2) is 4.39 Å². The standard InChI is InChI=1S/C14H19FINO/c1-3-14(2)9-10(7-8-18-14)17-12-6-4-5-11(15)13(12)16/h4-6,10,17H,3,7-9H2,1-2H3. The van der Waals surface area contributed by atoms with E-state index in [0.717, 1.165) is 31.6 Å². The third-order valence-corrected chi connectivity index (χ3v) is 4.75. The van der Waals surface area contributed by atoms with Crippen LogP contribution in [0.3, 0.4) is 0 Å². The molecule has 1 fully saturated rings. The molecule has 1 aliphatic heterocycles. The lowest BCUT2D eigenvalue weighted by molar-refractivity contribution is -0.0708. The highest BCUT2D eigenvalue weighted by Crippen LogP contribution is 2.31. The zero-order valence-electron chi connectivity index (χ0n) is 10.8. The molecule has 1 N–H and O–H groups in total. The summed E-state index contributed by atoms with van der Waals surface area (Å²) in [6, 6.07) is 5.54. The quantitative estimate of drug-likeness (QED) is 0.814. The van der Waals surface area contributed by atoms with Crippen LogP contribution in [-0.4, -0.2) is 18.2 Å². The summed E-state index contributed by atoms with van der Waals surface area (Å²) in [5.74, 6) is -0.161. The highest BCUT2D eigenvalue weighted by atomic mass is 127. The molecule has 2 unspecified atom stereocenters. The molecule has 2 nitrogen and oxygen atoms in total. The number of nitrogens with one attached hydrogen (secondary N) is 1. The molecule has 0 spiro atoms. The lowest BCUT2D eigenvalue weighted by atomic mass is 9.90. The molecule has 2 atom stereocenters. The van der Waals surface area contributed by atoms with E-state index in [0.29, 0.717) is 9.61 Å². The van der Waals surface area contributed by atoms with Gasteiger partial charge >= 0.3 is 0 Å². The van der Waals surface area contributed by atoms with E-state index in [2.05, 4.69) is 41.8 Å². The molecule has 1 heterocycles. The smallest absolute Gasteiger partial charge is 0.138 e. The molecule has 1 aromatic rings. The van der Waals surface area contributed by atoms with Gasteiger partial charge in [-0.15, -0.1) is 0 Å². The van der Waals surface area contributed by atoms with Gasteiger partial charge in [-0.05, 0) is 60.9 Å². The maximum Gasteiger partial charge on any atom is 0.138 e. The highest BCUT2D eigenvalue weighted by Gasteiger charge is 2.31. The second-order valence-electron chi connectivity index (χ2n) is 5.09. The number of rotatable bonds is 3. The molecule has 0 aromatic heterocycles. The summed E-state index contributed by atoms with van der Waals surface area (Å²) in [5, 5.41) is 3.45. The van der Waals surface area contributed by atoms with Crippen molar-refractivity contribution in [3.63, 3.8) is 0 Å². The summed E-state index contributed by atoms with van der Waals surface area (Å²) in [7, 11) is 0. The fourth-order valence-electron chi connectivity index (χ4n) is 2.33. The summed E-state index contributed by atoms with van der Waals surface area (Å²) in [6.45, 7) is 5.07. The van der Waals surface area contributed by atoms with Crippen molar-refractivity contribution in [1.29, 1.82) is 0 Å². The van der Waals surface area contributed by atoms with Crippen LogP contribution in [0.1, 0.15) is 33.1 Å². The molecule has 0 bridgehead atoms. The second-order valence-corrected chi connectivity index (χ2v) is 6.17. The van der Waals surface area contributed by atoms with Crippen molar-refractivity contribution in [3.8, 4) is 0 Å². The topological polar surface area (TPSA) is 21.3 Å². The second kappa shape index (κ2) is 5.74. The molecular weight excluding hydrogens is 344 g/mol. The van der Waals surface area contributed by atoms with E-state index in [9.17, 15) is 4.39 Å². The lowest BCUT2D eigenvalue weighted by Crippen LogP contribution is -2.42. The van der Waals surface area contributed by atoms with Crippen molar-refractivity contribution in [3.05, 3.63) is 27.6 Å². The van der Waals surface area contributed by atoms with Crippen molar-refractivity contribution >= 4 is 28.3 Å². The first-order chi connectivity index (χ1) is 8.54. The molecule has 1 aliphatic rings. The van der Waals surface area contributed by atoms with Crippen molar-refractivity contribution in [2.45, 2.75) is 44.8 Å². The molecule has 18 heavy (non-hydrogen) atoms. The van der Waals surface area contributed by atoms with E-state index >= 15 is 0 Å².